The zero-order valence-corrected chi connectivity index (χ0v) is 16.1. The van der Waals surface area contributed by atoms with Gasteiger partial charge in [-0.3, -0.25) is 19.2 Å². The van der Waals surface area contributed by atoms with Crippen LogP contribution in [0, 0.1) is 0 Å². The van der Waals surface area contributed by atoms with Crippen LogP contribution in [0.1, 0.15) is 12.5 Å². The number of amides is 4. The lowest BCUT2D eigenvalue weighted by atomic mass is 10.2. The van der Waals surface area contributed by atoms with E-state index in [0.717, 1.165) is 5.56 Å². The molecule has 0 aromatic heterocycles. The Balaban J connectivity index is 1.53. The molecule has 2 aromatic carbocycles. The molecule has 1 aliphatic rings. The summed E-state index contributed by atoms with van der Waals surface area (Å²) in [4.78, 5) is 50.8. The molecule has 2 N–H and O–H groups in total. The van der Waals surface area contributed by atoms with Crippen molar-refractivity contribution in [2.45, 2.75) is 13.5 Å². The van der Waals surface area contributed by atoms with Crippen molar-refractivity contribution >= 4 is 35.0 Å². The van der Waals surface area contributed by atoms with Crippen LogP contribution >= 0.6 is 0 Å². The van der Waals surface area contributed by atoms with E-state index in [1.54, 1.807) is 24.3 Å². The smallest absolute Gasteiger partial charge is 0.312 e. The zero-order chi connectivity index (χ0) is 20.8. The van der Waals surface area contributed by atoms with Crippen LogP contribution in [-0.2, 0) is 25.7 Å². The van der Waals surface area contributed by atoms with Crippen molar-refractivity contribution in [2.24, 2.45) is 0 Å². The van der Waals surface area contributed by atoms with Gasteiger partial charge in [0.05, 0.1) is 0 Å². The van der Waals surface area contributed by atoms with Crippen molar-refractivity contribution in [3.05, 3.63) is 60.2 Å². The first-order valence-electron chi connectivity index (χ1n) is 9.22. The number of rotatable bonds is 6. The molecule has 1 fully saturated rings. The van der Waals surface area contributed by atoms with Gasteiger partial charge in [0.25, 0.3) is 0 Å². The number of hydrogen-bond acceptors (Lipinski definition) is 4. The van der Waals surface area contributed by atoms with E-state index >= 15 is 0 Å². The van der Waals surface area contributed by atoms with Gasteiger partial charge in [0.2, 0.25) is 11.8 Å². The molecule has 3 rings (SSSR count). The molecule has 0 aliphatic carbocycles. The summed E-state index contributed by atoms with van der Waals surface area (Å²) in [5.74, 6) is -1.86. The van der Waals surface area contributed by atoms with Crippen LogP contribution in [0.15, 0.2) is 54.6 Å². The lowest BCUT2D eigenvalue weighted by Gasteiger charge is -2.33. The number of nitrogens with one attached hydrogen (secondary N) is 2. The summed E-state index contributed by atoms with van der Waals surface area (Å²) in [5, 5.41) is 5.32. The standard InChI is InChI=1S/C21H22N4O4/c1-15(26)22-17-7-9-18(10-8-17)23-19(27)14-25-12-11-24(20(28)21(25)29)13-16-5-3-2-4-6-16/h2-10H,11-14H2,1H3,(H,22,26)(H,23,27). The summed E-state index contributed by atoms with van der Waals surface area (Å²) in [5.41, 5.74) is 2.10. The highest BCUT2D eigenvalue weighted by Crippen LogP contribution is 2.14. The molecule has 0 unspecified atom stereocenters. The van der Waals surface area contributed by atoms with Crippen molar-refractivity contribution in [1.29, 1.82) is 0 Å². The van der Waals surface area contributed by atoms with Crippen molar-refractivity contribution in [3.8, 4) is 0 Å². The lowest BCUT2D eigenvalue weighted by Crippen LogP contribution is -2.55. The molecule has 1 aliphatic heterocycles. The van der Waals surface area contributed by atoms with Crippen LogP contribution in [0.4, 0.5) is 11.4 Å². The van der Waals surface area contributed by atoms with Gasteiger partial charge in [-0.05, 0) is 29.8 Å². The second-order valence-corrected chi connectivity index (χ2v) is 6.75. The van der Waals surface area contributed by atoms with Gasteiger partial charge in [0.15, 0.2) is 0 Å². The molecule has 0 spiro atoms. The average molecular weight is 394 g/mol. The molecular weight excluding hydrogens is 372 g/mol. The van der Waals surface area contributed by atoms with E-state index in [-0.39, 0.29) is 12.5 Å². The molecule has 0 bridgehead atoms. The summed E-state index contributed by atoms with van der Waals surface area (Å²) in [6.45, 7) is 2.25. The fourth-order valence-electron chi connectivity index (χ4n) is 3.03. The topological polar surface area (TPSA) is 98.8 Å². The van der Waals surface area contributed by atoms with Crippen LogP contribution in [0.2, 0.25) is 0 Å². The first kappa shape index (κ1) is 20.1. The minimum atomic E-state index is -0.677. The van der Waals surface area contributed by atoms with E-state index in [9.17, 15) is 19.2 Å². The molecule has 2 aromatic rings. The maximum Gasteiger partial charge on any atom is 0.312 e. The number of hydrogen-bond donors (Lipinski definition) is 2. The monoisotopic (exact) mass is 394 g/mol. The van der Waals surface area contributed by atoms with Gasteiger partial charge in [0, 0.05) is 37.9 Å². The average Bonchev–Trinajstić information content (AvgIpc) is 2.70. The van der Waals surface area contributed by atoms with Crippen molar-refractivity contribution in [2.75, 3.05) is 30.3 Å². The van der Waals surface area contributed by atoms with Gasteiger partial charge in [-0.2, -0.15) is 0 Å². The fraction of sp³-hybridized carbons (Fsp3) is 0.238. The predicted octanol–water partition coefficient (Wildman–Crippen LogP) is 1.45. The molecule has 150 valence electrons. The third kappa shape index (κ3) is 5.41. The molecule has 4 amide bonds. The first-order valence-corrected chi connectivity index (χ1v) is 9.22. The number of nitrogens with zero attached hydrogens (tertiary/aromatic N) is 2. The Kier molecular flexibility index (Phi) is 6.23. The molecule has 1 saturated heterocycles. The van der Waals surface area contributed by atoms with E-state index in [1.807, 2.05) is 30.3 Å². The minimum absolute atomic E-state index is 0.184. The molecule has 0 atom stereocenters. The fourth-order valence-corrected chi connectivity index (χ4v) is 3.03. The Morgan fingerprint density at radius 3 is 2.00 bits per heavy atom. The van der Waals surface area contributed by atoms with Gasteiger partial charge >= 0.3 is 11.8 Å². The lowest BCUT2D eigenvalue weighted by molar-refractivity contribution is -0.157. The normalized spacial score (nSPS) is 14.0. The van der Waals surface area contributed by atoms with Crippen LogP contribution in [-0.4, -0.2) is 53.1 Å². The van der Waals surface area contributed by atoms with Gasteiger partial charge in [0.1, 0.15) is 6.54 Å². The van der Waals surface area contributed by atoms with Crippen LogP contribution in [0.25, 0.3) is 0 Å². The number of carbonyl (C=O) groups is 4. The second kappa shape index (κ2) is 9.01. The first-order chi connectivity index (χ1) is 13.9. The van der Waals surface area contributed by atoms with Crippen LogP contribution in [0.5, 0.6) is 0 Å². The number of piperazine rings is 1. The van der Waals surface area contributed by atoms with Crippen molar-refractivity contribution < 1.29 is 19.2 Å². The maximum atomic E-state index is 12.4. The molecule has 1 heterocycles. The molecule has 8 heteroatoms. The quantitative estimate of drug-likeness (QED) is 0.725. The Labute approximate surface area is 168 Å². The number of carbonyl (C=O) groups excluding carboxylic acids is 4. The summed E-state index contributed by atoms with van der Waals surface area (Å²) in [6, 6.07) is 16.1. The highest BCUT2D eigenvalue weighted by atomic mass is 16.2. The van der Waals surface area contributed by atoms with Gasteiger partial charge < -0.3 is 20.4 Å². The van der Waals surface area contributed by atoms with E-state index in [0.29, 0.717) is 31.0 Å². The van der Waals surface area contributed by atoms with Gasteiger partial charge in [-0.15, -0.1) is 0 Å². The van der Waals surface area contributed by atoms with E-state index in [2.05, 4.69) is 10.6 Å². The predicted molar refractivity (Wildman–Crippen MR) is 108 cm³/mol. The maximum absolute atomic E-state index is 12.4. The van der Waals surface area contributed by atoms with E-state index in [1.165, 1.54) is 16.7 Å². The molecule has 29 heavy (non-hydrogen) atoms. The van der Waals surface area contributed by atoms with E-state index in [4.69, 9.17) is 0 Å². The van der Waals surface area contributed by atoms with Crippen molar-refractivity contribution in [1.82, 2.24) is 9.80 Å². The zero-order valence-electron chi connectivity index (χ0n) is 16.1. The summed E-state index contributed by atoms with van der Waals surface area (Å²) >= 11 is 0. The second-order valence-electron chi connectivity index (χ2n) is 6.75. The summed E-state index contributed by atoms with van der Waals surface area (Å²) in [6.07, 6.45) is 0. The Hall–Kier alpha value is -3.68. The van der Waals surface area contributed by atoms with Crippen LogP contribution in [0.3, 0.4) is 0 Å². The molecular formula is C21H22N4O4. The Morgan fingerprint density at radius 1 is 0.828 bits per heavy atom. The highest BCUT2D eigenvalue weighted by Gasteiger charge is 2.33. The summed E-state index contributed by atoms with van der Waals surface area (Å²) < 4.78 is 0. The number of anilines is 2. The van der Waals surface area contributed by atoms with Crippen LogP contribution < -0.4 is 10.6 Å². The molecule has 8 nitrogen and oxygen atoms in total. The SMILES string of the molecule is CC(=O)Nc1ccc(NC(=O)CN2CCN(Cc3ccccc3)C(=O)C2=O)cc1. The van der Waals surface area contributed by atoms with Gasteiger partial charge in [-0.1, -0.05) is 30.3 Å². The largest absolute Gasteiger partial charge is 0.328 e. The third-order valence-electron chi connectivity index (χ3n) is 4.44. The summed E-state index contributed by atoms with van der Waals surface area (Å²) in [7, 11) is 0. The third-order valence-corrected chi connectivity index (χ3v) is 4.44. The molecule has 0 radical (unpaired) electrons. The highest BCUT2D eigenvalue weighted by molar-refractivity contribution is 6.35. The minimum Gasteiger partial charge on any atom is -0.328 e. The molecule has 0 saturated carbocycles. The Morgan fingerprint density at radius 2 is 1.38 bits per heavy atom. The van der Waals surface area contributed by atoms with Gasteiger partial charge in [-0.25, -0.2) is 0 Å². The van der Waals surface area contributed by atoms with Crippen molar-refractivity contribution in [3.63, 3.8) is 0 Å². The Bertz CT molecular complexity index is 912. The van der Waals surface area contributed by atoms with E-state index < -0.39 is 17.7 Å². The number of benzene rings is 2.